The molecule has 2 aromatic carbocycles. The molecule has 25 heavy (non-hydrogen) atoms. The van der Waals surface area contributed by atoms with Crippen molar-refractivity contribution in [3.8, 4) is 17.0 Å². The molecular formula is C18H15ClN2O2S2. The van der Waals surface area contributed by atoms with Crippen LogP contribution in [0, 0.1) is 0 Å². The molecule has 1 heterocycles. The fourth-order valence-corrected chi connectivity index (χ4v) is 3.64. The second-order valence-electron chi connectivity index (χ2n) is 5.06. The topological polar surface area (TPSA) is 51.2 Å². The first-order valence-electron chi connectivity index (χ1n) is 7.42. The minimum absolute atomic E-state index is 0.0912. The quantitative estimate of drug-likeness (QED) is 0.587. The maximum atomic E-state index is 12.1. The van der Waals surface area contributed by atoms with E-state index >= 15 is 0 Å². The van der Waals surface area contributed by atoms with E-state index in [0.717, 1.165) is 21.9 Å². The predicted octanol–water partition coefficient (Wildman–Crippen LogP) is 5.20. The smallest absolute Gasteiger partial charge is 0.236 e. The Balaban J connectivity index is 1.58. The van der Waals surface area contributed by atoms with Crippen LogP contribution in [-0.4, -0.2) is 23.8 Å². The van der Waals surface area contributed by atoms with Crippen molar-refractivity contribution in [2.75, 3.05) is 18.2 Å². The Morgan fingerprint density at radius 2 is 2.08 bits per heavy atom. The number of ether oxygens (including phenoxy) is 1. The van der Waals surface area contributed by atoms with Gasteiger partial charge in [0.2, 0.25) is 5.91 Å². The van der Waals surface area contributed by atoms with Gasteiger partial charge >= 0.3 is 0 Å². The summed E-state index contributed by atoms with van der Waals surface area (Å²) >= 11 is 8.70. The van der Waals surface area contributed by atoms with E-state index in [2.05, 4.69) is 10.3 Å². The number of methoxy groups -OCH3 is 1. The van der Waals surface area contributed by atoms with Crippen LogP contribution in [0.2, 0.25) is 5.02 Å². The number of nitrogens with one attached hydrogen (secondary N) is 1. The van der Waals surface area contributed by atoms with Gasteiger partial charge in [0.15, 0.2) is 5.13 Å². The van der Waals surface area contributed by atoms with Gasteiger partial charge in [-0.1, -0.05) is 23.7 Å². The predicted molar refractivity (Wildman–Crippen MR) is 105 cm³/mol. The first-order valence-corrected chi connectivity index (χ1v) is 9.66. The normalized spacial score (nSPS) is 10.5. The van der Waals surface area contributed by atoms with E-state index in [1.807, 2.05) is 53.9 Å². The Morgan fingerprint density at radius 1 is 1.28 bits per heavy atom. The van der Waals surface area contributed by atoms with E-state index in [4.69, 9.17) is 16.3 Å². The maximum absolute atomic E-state index is 12.1. The van der Waals surface area contributed by atoms with Crippen LogP contribution in [0.1, 0.15) is 0 Å². The lowest BCUT2D eigenvalue weighted by Crippen LogP contribution is -2.13. The molecule has 7 heteroatoms. The van der Waals surface area contributed by atoms with E-state index < -0.39 is 0 Å². The van der Waals surface area contributed by atoms with E-state index in [-0.39, 0.29) is 5.91 Å². The number of thioether (sulfide) groups is 1. The molecule has 1 amide bonds. The average molecular weight is 391 g/mol. The Hall–Kier alpha value is -2.02. The van der Waals surface area contributed by atoms with Crippen molar-refractivity contribution in [1.82, 2.24) is 4.98 Å². The fraction of sp³-hybridized carbons (Fsp3) is 0.111. The second kappa shape index (κ2) is 8.38. The number of halogens is 1. The second-order valence-corrected chi connectivity index (χ2v) is 7.40. The lowest BCUT2D eigenvalue weighted by molar-refractivity contribution is -0.113. The number of carbonyl (C=O) groups is 1. The summed E-state index contributed by atoms with van der Waals surface area (Å²) in [6.45, 7) is 0. The van der Waals surface area contributed by atoms with Crippen LogP contribution in [0.3, 0.4) is 0 Å². The molecule has 0 fully saturated rings. The third-order valence-electron chi connectivity index (χ3n) is 3.30. The van der Waals surface area contributed by atoms with Gasteiger partial charge < -0.3 is 10.1 Å². The molecule has 0 radical (unpaired) electrons. The molecule has 0 saturated carbocycles. The summed E-state index contributed by atoms with van der Waals surface area (Å²) < 4.78 is 5.22. The number of carbonyl (C=O) groups excluding carboxylic acids is 1. The van der Waals surface area contributed by atoms with Crippen LogP contribution in [-0.2, 0) is 4.79 Å². The van der Waals surface area contributed by atoms with Crippen molar-refractivity contribution >= 4 is 45.7 Å². The maximum Gasteiger partial charge on any atom is 0.236 e. The Bertz CT molecular complexity index is 866. The third kappa shape index (κ3) is 4.98. The number of amides is 1. The summed E-state index contributed by atoms with van der Waals surface area (Å²) in [6.07, 6.45) is 0. The zero-order valence-electron chi connectivity index (χ0n) is 13.4. The number of hydrogen-bond acceptors (Lipinski definition) is 5. The molecule has 4 nitrogen and oxygen atoms in total. The van der Waals surface area contributed by atoms with E-state index in [1.54, 1.807) is 7.11 Å². The minimum atomic E-state index is -0.0912. The molecule has 0 aliphatic rings. The molecule has 3 rings (SSSR count). The van der Waals surface area contributed by atoms with Crippen LogP contribution in [0.15, 0.2) is 58.8 Å². The Kier molecular flexibility index (Phi) is 5.96. The lowest BCUT2D eigenvalue weighted by Gasteiger charge is -2.03. The number of aromatic nitrogens is 1. The molecule has 0 bridgehead atoms. The molecule has 0 saturated heterocycles. The zero-order valence-corrected chi connectivity index (χ0v) is 15.8. The number of anilines is 1. The van der Waals surface area contributed by atoms with Crippen LogP contribution in [0.25, 0.3) is 11.3 Å². The van der Waals surface area contributed by atoms with E-state index in [0.29, 0.717) is 15.9 Å². The first-order chi connectivity index (χ1) is 12.1. The van der Waals surface area contributed by atoms with E-state index in [1.165, 1.54) is 23.1 Å². The van der Waals surface area contributed by atoms with Crippen LogP contribution >= 0.6 is 34.7 Å². The number of hydrogen-bond donors (Lipinski definition) is 1. The Labute approximate surface area is 159 Å². The summed E-state index contributed by atoms with van der Waals surface area (Å²) in [5.74, 6) is 0.998. The first kappa shape index (κ1) is 17.8. The van der Waals surface area contributed by atoms with Crippen LogP contribution in [0.4, 0.5) is 5.13 Å². The molecule has 0 aliphatic carbocycles. The van der Waals surface area contributed by atoms with Gasteiger partial charge in [-0.05, 0) is 36.4 Å². The Morgan fingerprint density at radius 3 is 2.84 bits per heavy atom. The third-order valence-corrected chi connectivity index (χ3v) is 5.32. The molecular weight excluding hydrogens is 376 g/mol. The largest absolute Gasteiger partial charge is 0.497 e. The van der Waals surface area contributed by atoms with Gasteiger partial charge in [-0.15, -0.1) is 23.1 Å². The molecule has 0 atom stereocenters. The van der Waals surface area contributed by atoms with Crippen LogP contribution in [0.5, 0.6) is 5.75 Å². The number of nitrogens with zero attached hydrogens (tertiary/aromatic N) is 1. The van der Waals surface area contributed by atoms with Gasteiger partial charge in [0.1, 0.15) is 5.75 Å². The summed E-state index contributed by atoms with van der Waals surface area (Å²) in [5, 5.41) is 6.01. The van der Waals surface area contributed by atoms with Gasteiger partial charge in [-0.2, -0.15) is 0 Å². The van der Waals surface area contributed by atoms with Gasteiger partial charge in [0.05, 0.1) is 18.6 Å². The van der Waals surface area contributed by atoms with Crippen molar-refractivity contribution < 1.29 is 9.53 Å². The number of rotatable bonds is 6. The highest BCUT2D eigenvalue weighted by Gasteiger charge is 2.09. The summed E-state index contributed by atoms with van der Waals surface area (Å²) in [4.78, 5) is 17.6. The van der Waals surface area contributed by atoms with Crippen molar-refractivity contribution in [2.45, 2.75) is 4.90 Å². The highest BCUT2D eigenvalue weighted by Crippen LogP contribution is 2.28. The lowest BCUT2D eigenvalue weighted by atomic mass is 10.2. The molecule has 1 N–H and O–H groups in total. The van der Waals surface area contributed by atoms with Gasteiger partial charge in [0, 0.05) is 20.9 Å². The molecule has 0 spiro atoms. The van der Waals surface area contributed by atoms with E-state index in [9.17, 15) is 4.79 Å². The number of benzene rings is 2. The summed E-state index contributed by atoms with van der Waals surface area (Å²) in [5.41, 5.74) is 1.76. The summed E-state index contributed by atoms with van der Waals surface area (Å²) in [6, 6.07) is 15.1. The van der Waals surface area contributed by atoms with Crippen molar-refractivity contribution in [1.29, 1.82) is 0 Å². The molecule has 0 unspecified atom stereocenters. The van der Waals surface area contributed by atoms with Gasteiger partial charge in [0.25, 0.3) is 0 Å². The molecule has 1 aromatic heterocycles. The van der Waals surface area contributed by atoms with Crippen molar-refractivity contribution in [3.63, 3.8) is 0 Å². The molecule has 3 aromatic rings. The van der Waals surface area contributed by atoms with Gasteiger partial charge in [-0.3, -0.25) is 4.79 Å². The highest BCUT2D eigenvalue weighted by atomic mass is 35.5. The van der Waals surface area contributed by atoms with Crippen molar-refractivity contribution in [3.05, 3.63) is 58.9 Å². The zero-order chi connectivity index (χ0) is 17.6. The standard InChI is InChI=1S/C18H15ClN2O2S2/c1-23-14-4-2-3-12(9-14)16-10-25-18(20-16)21-17(22)11-24-15-7-5-13(19)6-8-15/h2-10H,11H2,1H3,(H,20,21,22). The number of thiazole rings is 1. The minimum Gasteiger partial charge on any atom is -0.497 e. The highest BCUT2D eigenvalue weighted by molar-refractivity contribution is 8.00. The molecule has 128 valence electrons. The fourth-order valence-electron chi connectivity index (χ4n) is 2.08. The molecule has 0 aliphatic heterocycles. The van der Waals surface area contributed by atoms with Gasteiger partial charge in [-0.25, -0.2) is 4.98 Å². The van der Waals surface area contributed by atoms with Crippen LogP contribution < -0.4 is 10.1 Å². The summed E-state index contributed by atoms with van der Waals surface area (Å²) in [7, 11) is 1.63. The SMILES string of the molecule is COc1cccc(-c2csc(NC(=O)CSc3ccc(Cl)cc3)n2)c1. The van der Waals surface area contributed by atoms with Crippen molar-refractivity contribution in [2.24, 2.45) is 0 Å². The average Bonchev–Trinajstić information content (AvgIpc) is 3.10. The monoisotopic (exact) mass is 390 g/mol.